The normalized spacial score (nSPS) is 26.9. The predicted octanol–water partition coefficient (Wildman–Crippen LogP) is 2.67. The van der Waals surface area contributed by atoms with Gasteiger partial charge in [-0.15, -0.1) is 0 Å². The van der Waals surface area contributed by atoms with Gasteiger partial charge in [0.05, 0.1) is 0 Å². The highest BCUT2D eigenvalue weighted by Crippen LogP contribution is 2.32. The molecule has 0 saturated carbocycles. The lowest BCUT2D eigenvalue weighted by Gasteiger charge is -2.39. The number of nitrogens with zero attached hydrogens (tertiary/aromatic N) is 1. The summed E-state index contributed by atoms with van der Waals surface area (Å²) in [6, 6.07) is 7.64. The molecule has 2 heteroatoms. The van der Waals surface area contributed by atoms with Crippen molar-refractivity contribution in [3.05, 3.63) is 29.8 Å². The first-order valence-electron chi connectivity index (χ1n) is 6.04. The first kappa shape index (κ1) is 11.5. The third-order valence-corrected chi connectivity index (χ3v) is 3.54. The van der Waals surface area contributed by atoms with Crippen LogP contribution in [-0.4, -0.2) is 30.1 Å². The van der Waals surface area contributed by atoms with E-state index in [1.807, 2.05) is 12.1 Å². The molecule has 1 fully saturated rings. The summed E-state index contributed by atoms with van der Waals surface area (Å²) in [6.45, 7) is 4.77. The quantitative estimate of drug-likeness (QED) is 0.826. The number of phenolic OH excluding ortho intramolecular Hbond substituents is 1. The van der Waals surface area contributed by atoms with Gasteiger partial charge in [-0.05, 0) is 56.0 Å². The van der Waals surface area contributed by atoms with E-state index in [9.17, 15) is 5.11 Å². The number of hydrogen-bond donors (Lipinski definition) is 1. The second-order valence-corrected chi connectivity index (χ2v) is 5.50. The predicted molar refractivity (Wildman–Crippen MR) is 66.6 cm³/mol. The van der Waals surface area contributed by atoms with Gasteiger partial charge in [0.1, 0.15) is 5.75 Å². The SMILES string of the molecule is CN1CCCC(C)(Cc2ccc(O)cc2)C1. The molecule has 0 bridgehead atoms. The van der Waals surface area contributed by atoms with Crippen molar-refractivity contribution < 1.29 is 5.11 Å². The van der Waals surface area contributed by atoms with Gasteiger partial charge in [0.2, 0.25) is 0 Å². The molecule has 1 aromatic rings. The van der Waals surface area contributed by atoms with Crippen molar-refractivity contribution in [2.24, 2.45) is 5.41 Å². The molecule has 1 atom stereocenters. The first-order chi connectivity index (χ1) is 7.57. The van der Waals surface area contributed by atoms with Crippen molar-refractivity contribution in [1.82, 2.24) is 4.90 Å². The molecule has 2 nitrogen and oxygen atoms in total. The van der Waals surface area contributed by atoms with Gasteiger partial charge in [-0.2, -0.15) is 0 Å². The fourth-order valence-electron chi connectivity index (χ4n) is 2.84. The van der Waals surface area contributed by atoms with Crippen LogP contribution in [0.1, 0.15) is 25.3 Å². The molecular weight excluding hydrogens is 198 g/mol. The van der Waals surface area contributed by atoms with Crippen molar-refractivity contribution >= 4 is 0 Å². The second kappa shape index (κ2) is 4.46. The summed E-state index contributed by atoms with van der Waals surface area (Å²) in [6.07, 6.45) is 3.71. The summed E-state index contributed by atoms with van der Waals surface area (Å²) in [5.74, 6) is 0.356. The molecule has 0 radical (unpaired) electrons. The molecule has 1 aromatic carbocycles. The lowest BCUT2D eigenvalue weighted by Crippen LogP contribution is -2.40. The monoisotopic (exact) mass is 219 g/mol. The van der Waals surface area contributed by atoms with Gasteiger partial charge in [-0.1, -0.05) is 19.1 Å². The minimum absolute atomic E-state index is 0.356. The molecule has 88 valence electrons. The molecule has 16 heavy (non-hydrogen) atoms. The van der Waals surface area contributed by atoms with Crippen LogP contribution in [0.5, 0.6) is 5.75 Å². The van der Waals surface area contributed by atoms with Crippen LogP contribution in [0.25, 0.3) is 0 Å². The highest BCUT2D eigenvalue weighted by molar-refractivity contribution is 5.26. The largest absolute Gasteiger partial charge is 0.508 e. The standard InChI is InChI=1S/C14H21NO/c1-14(8-3-9-15(2)11-14)10-12-4-6-13(16)7-5-12/h4-7,16H,3,8-11H2,1-2H3. The van der Waals surface area contributed by atoms with E-state index < -0.39 is 0 Å². The molecule has 0 aliphatic carbocycles. The molecule has 0 spiro atoms. The summed E-state index contributed by atoms with van der Waals surface area (Å²) in [4.78, 5) is 2.42. The van der Waals surface area contributed by atoms with E-state index in [1.165, 1.54) is 31.5 Å². The molecule has 1 aliphatic heterocycles. The third kappa shape index (κ3) is 2.76. The fraction of sp³-hybridized carbons (Fsp3) is 0.571. The Morgan fingerprint density at radius 3 is 2.62 bits per heavy atom. The number of likely N-dealkylation sites (tertiary alicyclic amines) is 1. The van der Waals surface area contributed by atoms with Crippen LogP contribution >= 0.6 is 0 Å². The minimum atomic E-state index is 0.356. The summed E-state index contributed by atoms with van der Waals surface area (Å²) in [7, 11) is 2.20. The van der Waals surface area contributed by atoms with Gasteiger partial charge >= 0.3 is 0 Å². The van der Waals surface area contributed by atoms with E-state index in [1.54, 1.807) is 12.1 Å². The Bertz CT molecular complexity index is 346. The number of rotatable bonds is 2. The summed E-state index contributed by atoms with van der Waals surface area (Å²) < 4.78 is 0. The van der Waals surface area contributed by atoms with Crippen molar-refractivity contribution in [1.29, 1.82) is 0 Å². The van der Waals surface area contributed by atoms with Gasteiger partial charge in [0, 0.05) is 6.54 Å². The van der Waals surface area contributed by atoms with E-state index in [2.05, 4.69) is 18.9 Å². The van der Waals surface area contributed by atoms with E-state index in [0.717, 1.165) is 6.42 Å². The molecule has 0 amide bonds. The number of phenols is 1. The Labute approximate surface area is 97.9 Å². The van der Waals surface area contributed by atoms with Crippen LogP contribution in [0.2, 0.25) is 0 Å². The minimum Gasteiger partial charge on any atom is -0.508 e. The van der Waals surface area contributed by atoms with E-state index in [-0.39, 0.29) is 0 Å². The molecule has 1 saturated heterocycles. The zero-order valence-electron chi connectivity index (χ0n) is 10.2. The van der Waals surface area contributed by atoms with Crippen LogP contribution in [0.15, 0.2) is 24.3 Å². The Balaban J connectivity index is 2.05. The highest BCUT2D eigenvalue weighted by atomic mass is 16.3. The van der Waals surface area contributed by atoms with Gasteiger partial charge < -0.3 is 10.0 Å². The van der Waals surface area contributed by atoms with Crippen molar-refractivity contribution in [2.45, 2.75) is 26.2 Å². The molecule has 1 aliphatic rings. The smallest absolute Gasteiger partial charge is 0.115 e. The van der Waals surface area contributed by atoms with Crippen LogP contribution in [-0.2, 0) is 6.42 Å². The van der Waals surface area contributed by atoms with Crippen LogP contribution in [0.3, 0.4) is 0 Å². The number of aromatic hydroxyl groups is 1. The summed E-state index contributed by atoms with van der Waals surface area (Å²) in [5.41, 5.74) is 1.72. The Morgan fingerprint density at radius 2 is 2.00 bits per heavy atom. The average molecular weight is 219 g/mol. The zero-order valence-corrected chi connectivity index (χ0v) is 10.2. The van der Waals surface area contributed by atoms with Crippen molar-refractivity contribution in [2.75, 3.05) is 20.1 Å². The number of benzene rings is 1. The second-order valence-electron chi connectivity index (χ2n) is 5.50. The molecule has 0 aromatic heterocycles. The van der Waals surface area contributed by atoms with Gasteiger partial charge in [-0.25, -0.2) is 0 Å². The molecule has 1 heterocycles. The Morgan fingerprint density at radius 1 is 1.31 bits per heavy atom. The molecule has 1 unspecified atom stereocenters. The first-order valence-corrected chi connectivity index (χ1v) is 6.04. The Hall–Kier alpha value is -1.02. The van der Waals surface area contributed by atoms with E-state index in [0.29, 0.717) is 11.2 Å². The van der Waals surface area contributed by atoms with E-state index in [4.69, 9.17) is 0 Å². The van der Waals surface area contributed by atoms with Gasteiger partial charge in [-0.3, -0.25) is 0 Å². The topological polar surface area (TPSA) is 23.5 Å². The Kier molecular flexibility index (Phi) is 3.20. The van der Waals surface area contributed by atoms with Crippen molar-refractivity contribution in [3.63, 3.8) is 0 Å². The number of piperidine rings is 1. The maximum absolute atomic E-state index is 9.26. The van der Waals surface area contributed by atoms with E-state index >= 15 is 0 Å². The third-order valence-electron chi connectivity index (χ3n) is 3.54. The lowest BCUT2D eigenvalue weighted by atomic mass is 9.77. The average Bonchev–Trinajstić information content (AvgIpc) is 2.21. The molecular formula is C14H21NO. The molecule has 2 rings (SSSR count). The maximum Gasteiger partial charge on any atom is 0.115 e. The number of hydrogen-bond acceptors (Lipinski definition) is 2. The summed E-state index contributed by atoms with van der Waals surface area (Å²) in [5, 5.41) is 9.26. The van der Waals surface area contributed by atoms with Gasteiger partial charge in [0.15, 0.2) is 0 Å². The van der Waals surface area contributed by atoms with Crippen LogP contribution < -0.4 is 0 Å². The molecule has 1 N–H and O–H groups in total. The highest BCUT2D eigenvalue weighted by Gasteiger charge is 2.29. The maximum atomic E-state index is 9.26. The zero-order chi connectivity index (χ0) is 11.6. The van der Waals surface area contributed by atoms with Crippen LogP contribution in [0.4, 0.5) is 0 Å². The van der Waals surface area contributed by atoms with Crippen molar-refractivity contribution in [3.8, 4) is 5.75 Å². The van der Waals surface area contributed by atoms with Gasteiger partial charge in [0.25, 0.3) is 0 Å². The fourth-order valence-corrected chi connectivity index (χ4v) is 2.84. The lowest BCUT2D eigenvalue weighted by molar-refractivity contribution is 0.126. The van der Waals surface area contributed by atoms with Crippen LogP contribution in [0, 0.1) is 5.41 Å². The summed E-state index contributed by atoms with van der Waals surface area (Å²) >= 11 is 0.